The van der Waals surface area contributed by atoms with Gasteiger partial charge >= 0.3 is 6.09 Å². The summed E-state index contributed by atoms with van der Waals surface area (Å²) in [5.74, 6) is -0.106. The molecule has 1 aromatic carbocycles. The normalized spacial score (nSPS) is 12.0. The summed E-state index contributed by atoms with van der Waals surface area (Å²) in [6.07, 6.45) is 1.33. The second-order valence-electron chi connectivity index (χ2n) is 10.8. The number of carbonyl (C=O) groups excluding carboxylic acids is 2. The monoisotopic (exact) mass is 450 g/mol. The Balaban J connectivity index is 1.89. The minimum atomic E-state index is -0.370. The number of anilines is 2. The van der Waals surface area contributed by atoms with E-state index in [1.165, 1.54) is 6.92 Å². The molecular weight excluding hydrogens is 416 g/mol. The van der Waals surface area contributed by atoms with Crippen LogP contribution >= 0.6 is 0 Å². The van der Waals surface area contributed by atoms with Crippen molar-refractivity contribution < 1.29 is 14.3 Å². The lowest BCUT2D eigenvalue weighted by atomic mass is 9.96. The number of rotatable bonds is 5. The van der Waals surface area contributed by atoms with Crippen LogP contribution in [-0.4, -0.2) is 35.1 Å². The van der Waals surface area contributed by atoms with Crippen molar-refractivity contribution >= 4 is 34.4 Å². The molecule has 0 fully saturated rings. The van der Waals surface area contributed by atoms with Crippen molar-refractivity contribution in [3.8, 4) is 11.3 Å². The molecule has 3 aromatic rings. The lowest BCUT2D eigenvalue weighted by Crippen LogP contribution is -2.39. The summed E-state index contributed by atoms with van der Waals surface area (Å²) in [5, 5.41) is 3.67. The molecule has 0 saturated carbocycles. The van der Waals surface area contributed by atoms with Crippen molar-refractivity contribution in [1.82, 2.24) is 9.97 Å². The van der Waals surface area contributed by atoms with Crippen molar-refractivity contribution in [2.75, 3.05) is 23.4 Å². The van der Waals surface area contributed by atoms with Crippen LogP contribution in [0.3, 0.4) is 0 Å². The van der Waals surface area contributed by atoms with E-state index < -0.39 is 0 Å². The summed E-state index contributed by atoms with van der Waals surface area (Å²) in [4.78, 5) is 33.8. The second kappa shape index (κ2) is 9.25. The molecule has 7 heteroatoms. The molecule has 0 spiro atoms. The molecule has 0 unspecified atom stereocenters. The topological polar surface area (TPSA) is 87.3 Å². The van der Waals surface area contributed by atoms with Gasteiger partial charge in [-0.3, -0.25) is 9.69 Å². The van der Waals surface area contributed by atoms with Crippen LogP contribution in [0.1, 0.15) is 48.5 Å². The Morgan fingerprint density at radius 3 is 2.27 bits per heavy atom. The van der Waals surface area contributed by atoms with E-state index in [4.69, 9.17) is 4.74 Å². The Bertz CT molecular complexity index is 1140. The highest BCUT2D eigenvalue weighted by molar-refractivity contribution is 5.92. The molecule has 2 N–H and O–H groups in total. The van der Waals surface area contributed by atoms with Gasteiger partial charge in [-0.25, -0.2) is 9.78 Å². The average molecular weight is 451 g/mol. The van der Waals surface area contributed by atoms with Gasteiger partial charge in [-0.15, -0.1) is 0 Å². The third-order valence-corrected chi connectivity index (χ3v) is 4.77. The lowest BCUT2D eigenvalue weighted by Gasteiger charge is -2.30. The SMILES string of the molecule is CC(=O)Nc1ccc(-c2cc3cc(N(CC(C)(C)C)C(=O)OCC(C)(C)C)cnc3[nH]2)cc1. The Morgan fingerprint density at radius 1 is 1.03 bits per heavy atom. The molecule has 0 radical (unpaired) electrons. The largest absolute Gasteiger partial charge is 0.449 e. The molecule has 0 aliphatic rings. The number of pyridine rings is 1. The summed E-state index contributed by atoms with van der Waals surface area (Å²) < 4.78 is 5.62. The first kappa shape index (κ1) is 24.3. The van der Waals surface area contributed by atoms with Gasteiger partial charge < -0.3 is 15.0 Å². The number of aromatic amines is 1. The molecule has 2 heterocycles. The molecule has 2 amide bonds. The van der Waals surface area contributed by atoms with Gasteiger partial charge in [-0.05, 0) is 40.7 Å². The van der Waals surface area contributed by atoms with E-state index in [2.05, 4.69) is 36.1 Å². The van der Waals surface area contributed by atoms with Crippen molar-refractivity contribution in [3.05, 3.63) is 42.6 Å². The number of hydrogen-bond acceptors (Lipinski definition) is 4. The van der Waals surface area contributed by atoms with Gasteiger partial charge in [0.05, 0.1) is 18.5 Å². The standard InChI is InChI=1S/C26H34N4O3/c1-17(31)28-20-10-8-18(9-11-20)22-13-19-12-21(14-27-23(19)29-22)30(15-25(2,3)4)24(32)33-16-26(5,6)7/h8-14H,15-16H2,1-7H3,(H,27,29)(H,28,31). The summed E-state index contributed by atoms with van der Waals surface area (Å²) in [6.45, 7) is 14.7. The first-order chi connectivity index (χ1) is 15.3. The number of amides is 2. The van der Waals surface area contributed by atoms with Crippen LogP contribution in [0, 0.1) is 10.8 Å². The lowest BCUT2D eigenvalue weighted by molar-refractivity contribution is -0.114. The number of carbonyl (C=O) groups is 2. The highest BCUT2D eigenvalue weighted by Crippen LogP contribution is 2.29. The fraction of sp³-hybridized carbons (Fsp3) is 0.423. The fourth-order valence-corrected chi connectivity index (χ4v) is 3.34. The Hall–Kier alpha value is -3.35. The van der Waals surface area contributed by atoms with E-state index in [0.717, 1.165) is 28.0 Å². The maximum Gasteiger partial charge on any atom is 0.414 e. The van der Waals surface area contributed by atoms with Crippen LogP contribution in [0.5, 0.6) is 0 Å². The predicted octanol–water partition coefficient (Wildman–Crippen LogP) is 6.22. The van der Waals surface area contributed by atoms with Crippen LogP contribution in [0.2, 0.25) is 0 Å². The molecule has 33 heavy (non-hydrogen) atoms. The zero-order chi connectivity index (χ0) is 24.4. The number of nitrogens with zero attached hydrogens (tertiary/aromatic N) is 2. The van der Waals surface area contributed by atoms with Crippen LogP contribution < -0.4 is 10.2 Å². The van der Waals surface area contributed by atoms with Crippen LogP contribution in [0.15, 0.2) is 42.6 Å². The molecule has 0 atom stereocenters. The first-order valence-electron chi connectivity index (χ1n) is 11.1. The molecule has 176 valence electrons. The maximum atomic E-state index is 13.0. The van der Waals surface area contributed by atoms with Gasteiger partial charge in [0.15, 0.2) is 0 Å². The van der Waals surface area contributed by atoms with Crippen LogP contribution in [0.25, 0.3) is 22.3 Å². The molecule has 0 aliphatic heterocycles. The van der Waals surface area contributed by atoms with E-state index in [0.29, 0.717) is 18.8 Å². The minimum absolute atomic E-state index is 0.106. The molecule has 2 aromatic heterocycles. The number of fused-ring (bicyclic) bond motifs is 1. The Morgan fingerprint density at radius 2 is 1.70 bits per heavy atom. The van der Waals surface area contributed by atoms with Gasteiger partial charge in [0, 0.05) is 30.2 Å². The summed E-state index contributed by atoms with van der Waals surface area (Å²) >= 11 is 0. The Kier molecular flexibility index (Phi) is 6.81. The van der Waals surface area contributed by atoms with Gasteiger partial charge in [-0.2, -0.15) is 0 Å². The molecule has 0 saturated heterocycles. The van der Waals surface area contributed by atoms with Crippen LogP contribution in [-0.2, 0) is 9.53 Å². The quantitative estimate of drug-likeness (QED) is 0.483. The molecule has 3 rings (SSSR count). The van der Waals surface area contributed by atoms with E-state index in [1.54, 1.807) is 11.1 Å². The third-order valence-electron chi connectivity index (χ3n) is 4.77. The maximum absolute atomic E-state index is 13.0. The summed E-state index contributed by atoms with van der Waals surface area (Å²) in [5.41, 5.74) is 3.82. The zero-order valence-electron chi connectivity index (χ0n) is 20.6. The van der Waals surface area contributed by atoms with E-state index in [1.807, 2.05) is 57.2 Å². The second-order valence-corrected chi connectivity index (χ2v) is 10.8. The predicted molar refractivity (Wildman–Crippen MR) is 133 cm³/mol. The van der Waals surface area contributed by atoms with E-state index in [-0.39, 0.29) is 22.8 Å². The van der Waals surface area contributed by atoms with E-state index >= 15 is 0 Å². The number of benzene rings is 1. The number of nitrogens with one attached hydrogen (secondary N) is 2. The van der Waals surface area contributed by atoms with Crippen molar-refractivity contribution in [2.24, 2.45) is 10.8 Å². The van der Waals surface area contributed by atoms with Crippen molar-refractivity contribution in [1.29, 1.82) is 0 Å². The molecule has 0 aliphatic carbocycles. The number of hydrogen-bond donors (Lipinski definition) is 2. The minimum Gasteiger partial charge on any atom is -0.449 e. The van der Waals surface area contributed by atoms with Gasteiger partial charge in [0.2, 0.25) is 5.91 Å². The Labute approximate surface area is 195 Å². The van der Waals surface area contributed by atoms with Gasteiger partial charge in [0.1, 0.15) is 5.65 Å². The number of aromatic nitrogens is 2. The average Bonchev–Trinajstić information content (AvgIpc) is 3.12. The van der Waals surface area contributed by atoms with Crippen LogP contribution in [0.4, 0.5) is 16.2 Å². The summed E-state index contributed by atoms with van der Waals surface area (Å²) in [6, 6.07) is 11.6. The fourth-order valence-electron chi connectivity index (χ4n) is 3.34. The van der Waals surface area contributed by atoms with Crippen molar-refractivity contribution in [3.63, 3.8) is 0 Å². The third kappa shape index (κ3) is 6.81. The first-order valence-corrected chi connectivity index (χ1v) is 11.1. The molecule has 0 bridgehead atoms. The zero-order valence-corrected chi connectivity index (χ0v) is 20.6. The van der Waals surface area contributed by atoms with Gasteiger partial charge in [-0.1, -0.05) is 53.7 Å². The number of H-pyrrole nitrogens is 1. The molecule has 7 nitrogen and oxygen atoms in total. The van der Waals surface area contributed by atoms with Gasteiger partial charge in [0.25, 0.3) is 0 Å². The van der Waals surface area contributed by atoms with E-state index in [9.17, 15) is 9.59 Å². The number of ether oxygens (including phenoxy) is 1. The summed E-state index contributed by atoms with van der Waals surface area (Å²) in [7, 11) is 0. The van der Waals surface area contributed by atoms with Crippen molar-refractivity contribution in [2.45, 2.75) is 48.5 Å². The highest BCUT2D eigenvalue weighted by atomic mass is 16.6. The molecular formula is C26H34N4O3. The highest BCUT2D eigenvalue weighted by Gasteiger charge is 2.26. The smallest absolute Gasteiger partial charge is 0.414 e.